The lowest BCUT2D eigenvalue weighted by molar-refractivity contribution is -0.119. The lowest BCUT2D eigenvalue weighted by Gasteiger charge is -2.16. The molecule has 0 aliphatic carbocycles. The highest BCUT2D eigenvalue weighted by Crippen LogP contribution is 2.28. The van der Waals surface area contributed by atoms with Gasteiger partial charge in [-0.15, -0.1) is 0 Å². The summed E-state index contributed by atoms with van der Waals surface area (Å²) in [5.74, 6) is -2.10. The number of rotatable bonds is 4. The van der Waals surface area contributed by atoms with Gasteiger partial charge in [-0.05, 0) is 18.2 Å². The fourth-order valence-electron chi connectivity index (χ4n) is 2.64. The summed E-state index contributed by atoms with van der Waals surface area (Å²) in [5.41, 5.74) is 5.52. The Morgan fingerprint density at radius 1 is 1.27 bits per heavy atom. The molecule has 0 radical (unpaired) electrons. The summed E-state index contributed by atoms with van der Waals surface area (Å²) < 4.78 is 5.76. The van der Waals surface area contributed by atoms with Crippen LogP contribution in [0.5, 0.6) is 0 Å². The van der Waals surface area contributed by atoms with Crippen LogP contribution in [0, 0.1) is 0 Å². The number of anilines is 2. The molecule has 134 valence electrons. The Balaban J connectivity index is 2.22. The van der Waals surface area contributed by atoms with Crippen molar-refractivity contribution in [1.29, 1.82) is 0 Å². The van der Waals surface area contributed by atoms with Crippen LogP contribution in [-0.4, -0.2) is 36.0 Å². The summed E-state index contributed by atoms with van der Waals surface area (Å²) in [4.78, 5) is 48.1. The van der Waals surface area contributed by atoms with E-state index in [1.165, 1.54) is 25.3 Å². The summed E-state index contributed by atoms with van der Waals surface area (Å²) >= 11 is 6.01. The number of nitrogen functional groups attached to an aromatic ring is 1. The number of nitrogens with one attached hydrogen (secondary N) is 2. The zero-order valence-electron chi connectivity index (χ0n) is 13.5. The molecule has 2 aromatic rings. The van der Waals surface area contributed by atoms with Gasteiger partial charge in [0.1, 0.15) is 12.4 Å². The summed E-state index contributed by atoms with van der Waals surface area (Å²) in [7, 11) is 1.36. The van der Waals surface area contributed by atoms with Gasteiger partial charge in [0.05, 0.1) is 22.5 Å². The number of hydrogen-bond acceptors (Lipinski definition) is 6. The first-order valence-electron chi connectivity index (χ1n) is 7.33. The summed E-state index contributed by atoms with van der Waals surface area (Å²) in [5, 5.41) is 4.93. The molecule has 0 unspecified atom stereocenters. The maximum Gasteiger partial charge on any atom is 0.262 e. The van der Waals surface area contributed by atoms with Gasteiger partial charge in [-0.2, -0.15) is 0 Å². The summed E-state index contributed by atoms with van der Waals surface area (Å²) in [6, 6.07) is 5.41. The Bertz CT molecular complexity index is 1010. The first kappa shape index (κ1) is 17.6. The monoisotopic (exact) mass is 376 g/mol. The van der Waals surface area contributed by atoms with Gasteiger partial charge in [-0.1, -0.05) is 11.6 Å². The van der Waals surface area contributed by atoms with Crippen molar-refractivity contribution in [3.8, 4) is 5.69 Å². The van der Waals surface area contributed by atoms with E-state index in [-0.39, 0.29) is 39.9 Å². The molecule has 3 rings (SSSR count). The lowest BCUT2D eigenvalue weighted by atomic mass is 10.1. The number of benzene rings is 1. The molecule has 9 nitrogen and oxygen atoms in total. The summed E-state index contributed by atoms with van der Waals surface area (Å²) in [6.45, 7) is -0.201. The SMILES string of the molecule is COCC(=O)Nc1ccc(Cl)cc1-n1c(N)c2c(cc1=O)C(=O)NC2=O. The number of halogens is 1. The van der Waals surface area contributed by atoms with Gasteiger partial charge in [0.25, 0.3) is 17.4 Å². The predicted octanol–water partition coefficient (Wildman–Crippen LogP) is 0.542. The number of fused-ring (bicyclic) bond motifs is 1. The Labute approximate surface area is 151 Å². The summed E-state index contributed by atoms with van der Waals surface area (Å²) in [6.07, 6.45) is 0. The molecular weight excluding hydrogens is 364 g/mol. The Morgan fingerprint density at radius 3 is 2.69 bits per heavy atom. The molecule has 10 heteroatoms. The topological polar surface area (TPSA) is 133 Å². The highest BCUT2D eigenvalue weighted by atomic mass is 35.5. The van der Waals surface area contributed by atoms with E-state index in [4.69, 9.17) is 22.1 Å². The Morgan fingerprint density at radius 2 is 2.00 bits per heavy atom. The third kappa shape index (κ3) is 2.93. The molecule has 26 heavy (non-hydrogen) atoms. The van der Waals surface area contributed by atoms with Crippen LogP contribution < -0.4 is 21.9 Å². The number of amides is 3. The van der Waals surface area contributed by atoms with E-state index in [9.17, 15) is 19.2 Å². The minimum Gasteiger partial charge on any atom is -0.384 e. The normalized spacial score (nSPS) is 12.7. The van der Waals surface area contributed by atoms with Gasteiger partial charge < -0.3 is 15.8 Å². The molecule has 1 aliphatic rings. The second-order valence-corrected chi connectivity index (χ2v) is 5.85. The first-order valence-corrected chi connectivity index (χ1v) is 7.71. The molecule has 1 aromatic carbocycles. The molecule has 2 heterocycles. The van der Waals surface area contributed by atoms with Gasteiger partial charge in [0.15, 0.2) is 0 Å². The van der Waals surface area contributed by atoms with Gasteiger partial charge >= 0.3 is 0 Å². The Hall–Kier alpha value is -3.17. The van der Waals surface area contributed by atoms with Crippen molar-refractivity contribution >= 4 is 40.8 Å². The van der Waals surface area contributed by atoms with Crippen LogP contribution in [-0.2, 0) is 9.53 Å². The van der Waals surface area contributed by atoms with Crippen molar-refractivity contribution in [1.82, 2.24) is 9.88 Å². The number of aromatic nitrogens is 1. The van der Waals surface area contributed by atoms with E-state index in [2.05, 4.69) is 10.6 Å². The zero-order valence-corrected chi connectivity index (χ0v) is 14.2. The maximum atomic E-state index is 12.5. The number of hydrogen-bond donors (Lipinski definition) is 3. The van der Waals surface area contributed by atoms with Gasteiger partial charge in [0, 0.05) is 18.2 Å². The van der Waals surface area contributed by atoms with Crippen LogP contribution in [0.1, 0.15) is 20.7 Å². The second-order valence-electron chi connectivity index (χ2n) is 5.42. The minimum atomic E-state index is -0.705. The fraction of sp³-hybridized carbons (Fsp3) is 0.125. The van der Waals surface area contributed by atoms with Crippen LogP contribution in [0.25, 0.3) is 5.69 Å². The molecule has 0 spiro atoms. The van der Waals surface area contributed by atoms with E-state index in [1.807, 2.05) is 0 Å². The molecule has 4 N–H and O–H groups in total. The van der Waals surface area contributed by atoms with Crippen molar-refractivity contribution in [3.05, 3.63) is 50.8 Å². The third-order valence-corrected chi connectivity index (χ3v) is 3.94. The van der Waals surface area contributed by atoms with Crippen molar-refractivity contribution in [2.45, 2.75) is 0 Å². The molecule has 0 fully saturated rings. The van der Waals surface area contributed by atoms with Crippen LogP contribution in [0.3, 0.4) is 0 Å². The van der Waals surface area contributed by atoms with Crippen LogP contribution >= 0.6 is 11.6 Å². The van der Waals surface area contributed by atoms with Crippen molar-refractivity contribution in [2.24, 2.45) is 0 Å². The number of imide groups is 1. The maximum absolute atomic E-state index is 12.5. The average molecular weight is 377 g/mol. The average Bonchev–Trinajstić information content (AvgIpc) is 2.84. The Kier molecular flexibility index (Phi) is 4.49. The van der Waals surface area contributed by atoms with Crippen molar-refractivity contribution in [3.63, 3.8) is 0 Å². The van der Waals surface area contributed by atoms with E-state index in [1.54, 1.807) is 0 Å². The van der Waals surface area contributed by atoms with Gasteiger partial charge in [0.2, 0.25) is 5.91 Å². The molecular formula is C16H13ClN4O5. The molecule has 0 atom stereocenters. The van der Waals surface area contributed by atoms with Gasteiger partial charge in [-0.3, -0.25) is 29.1 Å². The lowest BCUT2D eigenvalue weighted by Crippen LogP contribution is -2.26. The predicted molar refractivity (Wildman–Crippen MR) is 93.8 cm³/mol. The van der Waals surface area contributed by atoms with E-state index < -0.39 is 23.3 Å². The van der Waals surface area contributed by atoms with Crippen LogP contribution in [0.2, 0.25) is 5.02 Å². The highest BCUT2D eigenvalue weighted by molar-refractivity contribution is 6.31. The smallest absolute Gasteiger partial charge is 0.262 e. The number of methoxy groups -OCH3 is 1. The number of pyridine rings is 1. The third-order valence-electron chi connectivity index (χ3n) is 3.70. The second kappa shape index (κ2) is 6.62. The highest BCUT2D eigenvalue weighted by Gasteiger charge is 2.32. The quantitative estimate of drug-likeness (QED) is 0.667. The zero-order chi connectivity index (χ0) is 19.0. The number of carbonyl (C=O) groups excluding carboxylic acids is 3. The number of carbonyl (C=O) groups is 3. The molecule has 0 bridgehead atoms. The standard InChI is InChI=1S/C16H13ClN4O5/c1-26-6-11(22)19-9-3-2-7(17)4-10(9)21-12(23)5-8-13(14(21)18)16(25)20-15(8)24/h2-5H,6,18H2,1H3,(H,19,22)(H,20,24,25). The molecule has 1 aromatic heterocycles. The van der Waals surface area contributed by atoms with Crippen molar-refractivity contribution in [2.75, 3.05) is 24.8 Å². The first-order chi connectivity index (χ1) is 12.3. The largest absolute Gasteiger partial charge is 0.384 e. The molecule has 0 saturated heterocycles. The van der Waals surface area contributed by atoms with Crippen LogP contribution in [0.4, 0.5) is 11.5 Å². The van der Waals surface area contributed by atoms with E-state index in [0.717, 1.165) is 10.6 Å². The fourth-order valence-corrected chi connectivity index (χ4v) is 2.81. The molecule has 1 aliphatic heterocycles. The van der Waals surface area contributed by atoms with E-state index in [0.29, 0.717) is 0 Å². The minimum absolute atomic E-state index is 0.0965. The van der Waals surface area contributed by atoms with Gasteiger partial charge in [-0.25, -0.2) is 0 Å². The number of ether oxygens (including phenoxy) is 1. The van der Waals surface area contributed by atoms with E-state index >= 15 is 0 Å². The molecule has 0 saturated carbocycles. The van der Waals surface area contributed by atoms with Crippen LogP contribution in [0.15, 0.2) is 29.1 Å². The van der Waals surface area contributed by atoms with Crippen molar-refractivity contribution < 1.29 is 19.1 Å². The number of nitrogens with zero attached hydrogens (tertiary/aromatic N) is 1. The number of nitrogens with two attached hydrogens (primary N) is 1. The molecule has 3 amide bonds.